The zero-order valence-electron chi connectivity index (χ0n) is 56.8. The first-order valence-electron chi connectivity index (χ1n) is 30.9. The summed E-state index contributed by atoms with van der Waals surface area (Å²) >= 11 is 0. The maximum absolute atomic E-state index is 13.3. The Morgan fingerprint density at radius 3 is 1.25 bits per heavy atom. The summed E-state index contributed by atoms with van der Waals surface area (Å²) in [5, 5.41) is 11.5. The summed E-state index contributed by atoms with van der Waals surface area (Å²) in [4.78, 5) is 22.0. The molecule has 4 N–H and O–H groups in total. The number of benzene rings is 6. The molecule has 1 atom stereocenters. The molecule has 1 amide bonds. The highest BCUT2D eigenvalue weighted by atomic mass is 32.2. The number of amides is 1. The van der Waals surface area contributed by atoms with Gasteiger partial charge < -0.3 is 15.2 Å². The molecule has 11 nitrogen and oxygen atoms in total. The first-order chi connectivity index (χ1) is 43.8. The summed E-state index contributed by atoms with van der Waals surface area (Å²) in [5.74, 6) is -1.38. The van der Waals surface area contributed by atoms with E-state index in [9.17, 15) is 74.7 Å². The van der Waals surface area contributed by atoms with Gasteiger partial charge in [-0.2, -0.15) is 26.7 Å². The monoisotopic (exact) mass is 1390 g/mol. The maximum Gasteiger partial charge on any atom is 0.416 e. The van der Waals surface area contributed by atoms with Crippen LogP contribution in [0.4, 0.5) is 59.7 Å². The van der Waals surface area contributed by atoms with Crippen LogP contribution in [0.15, 0.2) is 126 Å². The number of aliphatic carboxylic acids is 1. The summed E-state index contributed by atoms with van der Waals surface area (Å²) in [5.41, 5.74) is 4.03. The highest BCUT2D eigenvalue weighted by molar-refractivity contribution is 7.92. The predicted octanol–water partition coefficient (Wildman–Crippen LogP) is 19.1. The van der Waals surface area contributed by atoms with Crippen molar-refractivity contribution in [2.75, 3.05) is 16.3 Å². The van der Waals surface area contributed by atoms with Gasteiger partial charge in [0.25, 0.3) is 6.43 Å². The Morgan fingerprint density at radius 2 is 0.874 bits per heavy atom. The summed E-state index contributed by atoms with van der Waals surface area (Å²) < 4.78 is 193. The molecule has 0 bridgehead atoms. The van der Waals surface area contributed by atoms with Crippen LogP contribution in [0, 0.1) is 64.7 Å². The molecule has 0 aliphatic heterocycles. The molecule has 6 aromatic rings. The molecule has 0 aliphatic carbocycles. The number of nitrogens with one attached hydrogen (secondary N) is 3. The van der Waals surface area contributed by atoms with Crippen LogP contribution in [0.2, 0.25) is 0 Å². The number of ether oxygens (including phenoxy) is 1. The van der Waals surface area contributed by atoms with Crippen molar-refractivity contribution >= 4 is 43.3 Å². The third-order valence-electron chi connectivity index (χ3n) is 12.8. The molecule has 0 aliphatic rings. The Hall–Kier alpha value is -7.05. The number of sulfonamides is 2. The fourth-order valence-electron chi connectivity index (χ4n) is 8.87. The van der Waals surface area contributed by atoms with Crippen LogP contribution in [0.5, 0.6) is 5.75 Å². The van der Waals surface area contributed by atoms with E-state index < -0.39 is 85.7 Å². The van der Waals surface area contributed by atoms with Crippen molar-refractivity contribution in [1.82, 2.24) is 4.72 Å². The molecule has 95 heavy (non-hydrogen) atoms. The third-order valence-corrected chi connectivity index (χ3v) is 14.8. The lowest BCUT2D eigenvalue weighted by Crippen LogP contribution is -2.44. The van der Waals surface area contributed by atoms with Crippen LogP contribution >= 0.6 is 0 Å². The van der Waals surface area contributed by atoms with Crippen molar-refractivity contribution in [3.63, 3.8) is 0 Å². The number of carbonyl (C=O) groups is 2. The molecule has 6 rings (SSSR count). The molecule has 0 unspecified atom stereocenters. The van der Waals surface area contributed by atoms with Gasteiger partial charge >= 0.3 is 18.8 Å². The number of rotatable bonds is 23. The summed E-state index contributed by atoms with van der Waals surface area (Å²) in [7, 11) is -7.26. The number of carboxylic acid groups (broad SMARTS) is 1. The normalized spacial score (nSPS) is 11.9. The van der Waals surface area contributed by atoms with Gasteiger partial charge in [-0.3, -0.25) is 14.3 Å². The minimum atomic E-state index is -4.40. The van der Waals surface area contributed by atoms with Gasteiger partial charge in [-0.15, -0.1) is 0 Å². The van der Waals surface area contributed by atoms with Gasteiger partial charge in [0, 0.05) is 6.92 Å². The summed E-state index contributed by atoms with van der Waals surface area (Å²) in [6, 6.07) is 28.0. The predicted molar refractivity (Wildman–Crippen MR) is 356 cm³/mol. The lowest BCUT2D eigenvalue weighted by Gasteiger charge is -2.18. The quantitative estimate of drug-likeness (QED) is 0.0460. The van der Waals surface area contributed by atoms with E-state index in [0.29, 0.717) is 42.4 Å². The number of hydrogen-bond donors (Lipinski definition) is 4. The number of carbonyl (C=O) groups excluding carboxylic acids is 1. The third kappa shape index (κ3) is 36.6. The largest absolute Gasteiger partial charge is 0.480 e. The van der Waals surface area contributed by atoms with Crippen molar-refractivity contribution in [1.29, 1.82) is 0 Å². The number of alkyl halides is 7. The molecule has 0 heterocycles. The van der Waals surface area contributed by atoms with Crippen molar-refractivity contribution < 1.29 is 84.6 Å². The second-order valence-corrected chi connectivity index (χ2v) is 29.0. The molecule has 0 radical (unpaired) electrons. The lowest BCUT2D eigenvalue weighted by molar-refractivity contribution is -0.140. The summed E-state index contributed by atoms with van der Waals surface area (Å²) in [6.07, 6.45) is -1.63. The van der Waals surface area contributed by atoms with Crippen molar-refractivity contribution in [3.8, 4) is 5.75 Å². The van der Waals surface area contributed by atoms with E-state index in [1.165, 1.54) is 43.3 Å². The van der Waals surface area contributed by atoms with Gasteiger partial charge in [-0.25, -0.2) is 43.2 Å². The number of halogens is 11. The van der Waals surface area contributed by atoms with Gasteiger partial charge in [0.05, 0.1) is 33.7 Å². The van der Waals surface area contributed by atoms with Gasteiger partial charge in [-0.05, 0) is 192 Å². The van der Waals surface area contributed by atoms with E-state index in [4.69, 9.17) is 5.11 Å². The highest BCUT2D eigenvalue weighted by Crippen LogP contribution is 2.31. The Bertz CT molecular complexity index is 3480. The molecular weight excluding hydrogens is 1300 g/mol. The molecule has 0 saturated heterocycles. The highest BCUT2D eigenvalue weighted by Gasteiger charge is 2.31. The van der Waals surface area contributed by atoms with Gasteiger partial charge in [0.2, 0.25) is 26.0 Å². The molecule has 6 aromatic carbocycles. The topological polar surface area (TPSA) is 168 Å². The van der Waals surface area contributed by atoms with Crippen LogP contribution in [0.3, 0.4) is 0 Å². The van der Waals surface area contributed by atoms with E-state index >= 15 is 0 Å². The average molecular weight is 1390 g/mol. The van der Waals surface area contributed by atoms with E-state index in [-0.39, 0.29) is 45.3 Å². The van der Waals surface area contributed by atoms with Crippen LogP contribution in [0.1, 0.15) is 155 Å². The van der Waals surface area contributed by atoms with Crippen LogP contribution in [-0.2, 0) is 74.3 Å². The first-order valence-corrected chi connectivity index (χ1v) is 34.3. The molecule has 0 aromatic heterocycles. The number of anilines is 2. The fourth-order valence-corrected chi connectivity index (χ4v) is 10.8. The molecule has 0 fully saturated rings. The second kappa shape index (κ2) is 41.1. The lowest BCUT2D eigenvalue weighted by atomic mass is 10.0. The smallest absolute Gasteiger partial charge is 0.416 e. The van der Waals surface area contributed by atoms with E-state index in [1.807, 2.05) is 53.7 Å². The minimum Gasteiger partial charge on any atom is -0.480 e. The minimum absolute atomic E-state index is 0.0145. The van der Waals surface area contributed by atoms with Crippen molar-refractivity contribution in [2.45, 2.75) is 173 Å². The zero-order valence-corrected chi connectivity index (χ0v) is 58.5. The average Bonchev–Trinajstić information content (AvgIpc) is 0.846. The van der Waals surface area contributed by atoms with Crippen LogP contribution in [-0.4, -0.2) is 52.7 Å². The van der Waals surface area contributed by atoms with Crippen molar-refractivity contribution in [2.24, 2.45) is 41.4 Å². The SMILES string of the molecule is CC(=O)Nc1cc(CC(C)C)ccc1F.CC(C)Cc1cc(C(F)(F)F)ccc1F.CC(C)Cc1ccc(F)c(C(F)F)c1.CC(C)Cc1ccc(F)c(NS(C)(=O)=O)c1.CC(C)Cc1ccc(OC(F)F)cc1.CC(C)Cc1ccc(S(=O)(=O)N[C@H](C(=O)O)C(C)C)cc1. The molecule has 24 heteroatoms. The zero-order chi connectivity index (χ0) is 72.9. The standard InChI is InChI=1S/C15H23NO4S.C12H16FNO.C11H12F4.C11H13F3.C11H14F2O.C11H16FNO2S/c1-10(2)9-12-5-7-13(8-6-12)21(19,20)16-14(11(3)4)15(17)18;1-8(2)6-10-4-5-11(13)12(7-10)14-9(3)15;1-7(2)5-8-6-9(11(13,14)15)3-4-10(8)12;1-7(2)5-8-3-4-10(12)9(6-8)11(13)14;1-8(2)7-9-3-5-10(6-4-9)14-11(12)13;1-8(2)6-9-4-5-10(12)11(7-9)13-16(3,14)15/h5-8,10-11,14,16H,9H2,1-4H3,(H,17,18);4-5,7-8H,6H2,1-3H3,(H,14,15);3-4,6-7H,5H2,1-2H3;3-4,6-7,11H,5H2,1-2H3;3-6,8,11H,7H2,1-2H3;4-5,7-8,13H,6H2,1-3H3/t14-;;;;;/m0...../s1. The number of hydrogen-bond acceptors (Lipinski definition) is 7. The van der Waals surface area contributed by atoms with E-state index in [1.54, 1.807) is 62.4 Å². The molecular formula is C71H94F11N3O8S2. The van der Waals surface area contributed by atoms with E-state index in [0.717, 1.165) is 84.0 Å². The molecule has 0 saturated carbocycles. The fraction of sp³-hybridized carbons (Fsp3) is 0.465. The van der Waals surface area contributed by atoms with Gasteiger partial charge in [0.1, 0.15) is 35.1 Å². The number of carboxylic acids is 1. The Kier molecular flexibility index (Phi) is 37.2. The van der Waals surface area contributed by atoms with Crippen LogP contribution in [0.25, 0.3) is 0 Å². The van der Waals surface area contributed by atoms with Gasteiger partial charge in [-0.1, -0.05) is 139 Å². The molecule has 530 valence electrons. The van der Waals surface area contributed by atoms with Gasteiger partial charge in [0.15, 0.2) is 0 Å². The Morgan fingerprint density at radius 1 is 0.495 bits per heavy atom. The second-order valence-electron chi connectivity index (χ2n) is 25.6. The van der Waals surface area contributed by atoms with Crippen molar-refractivity contribution in [3.05, 3.63) is 189 Å². The Labute approximate surface area is 555 Å². The maximum atomic E-state index is 13.3. The Balaban J connectivity index is 0.000000573. The first kappa shape index (κ1) is 86.0. The molecule has 0 spiro atoms. The van der Waals surface area contributed by atoms with E-state index in [2.05, 4.69) is 61.0 Å². The van der Waals surface area contributed by atoms with Crippen LogP contribution < -0.4 is 19.5 Å². The summed E-state index contributed by atoms with van der Waals surface area (Å²) in [6.45, 7) is 26.3.